The fourth-order valence-corrected chi connectivity index (χ4v) is 3.04. The van der Waals surface area contributed by atoms with Crippen molar-refractivity contribution in [1.29, 1.82) is 0 Å². The first-order valence-corrected chi connectivity index (χ1v) is 9.56. The molecule has 0 aliphatic rings. The van der Waals surface area contributed by atoms with Crippen LogP contribution in [-0.4, -0.2) is 37.0 Å². The second-order valence-corrected chi connectivity index (χ2v) is 6.72. The Balaban J connectivity index is 2.27. The van der Waals surface area contributed by atoms with Crippen LogP contribution in [0.2, 0.25) is 0 Å². The number of fused-ring (bicyclic) bond motifs is 1. The van der Waals surface area contributed by atoms with Crippen LogP contribution < -0.4 is 16.3 Å². The maximum Gasteiger partial charge on any atom is 0.349 e. The molecular weight excluding hydrogens is 376 g/mol. The van der Waals surface area contributed by atoms with Gasteiger partial charge in [0.2, 0.25) is 5.91 Å². The van der Waals surface area contributed by atoms with Crippen molar-refractivity contribution in [2.45, 2.75) is 46.6 Å². The van der Waals surface area contributed by atoms with Gasteiger partial charge in [-0.1, -0.05) is 11.6 Å². The van der Waals surface area contributed by atoms with Crippen LogP contribution in [0.4, 0.5) is 0 Å². The van der Waals surface area contributed by atoms with Crippen molar-refractivity contribution >= 4 is 28.8 Å². The molecule has 0 saturated heterocycles. The van der Waals surface area contributed by atoms with Crippen LogP contribution >= 0.6 is 0 Å². The third-order valence-electron chi connectivity index (χ3n) is 4.32. The van der Waals surface area contributed by atoms with Gasteiger partial charge in [-0.3, -0.25) is 9.59 Å². The smallest absolute Gasteiger partial charge is 0.349 e. The number of carbonyl (C=O) groups is 3. The summed E-state index contributed by atoms with van der Waals surface area (Å²) in [5, 5.41) is 5.74. The Morgan fingerprint density at radius 2 is 1.86 bits per heavy atom. The Labute approximate surface area is 168 Å². The Morgan fingerprint density at radius 1 is 1.14 bits per heavy atom. The van der Waals surface area contributed by atoms with E-state index in [1.165, 1.54) is 6.07 Å². The molecule has 1 aromatic heterocycles. The van der Waals surface area contributed by atoms with Crippen molar-refractivity contribution in [2.75, 3.05) is 13.2 Å². The summed E-state index contributed by atoms with van der Waals surface area (Å²) in [7, 11) is 0. The molecule has 0 saturated carbocycles. The van der Waals surface area contributed by atoms with Crippen molar-refractivity contribution in [3.05, 3.63) is 45.3 Å². The monoisotopic (exact) mass is 402 g/mol. The first-order valence-electron chi connectivity index (χ1n) is 9.56. The molecule has 0 radical (unpaired) electrons. The fourth-order valence-electron chi connectivity index (χ4n) is 3.04. The number of ether oxygens (including phenoxy) is 1. The zero-order valence-electron chi connectivity index (χ0n) is 17.1. The minimum atomic E-state index is -1.06. The molecule has 0 fully saturated rings. The second kappa shape index (κ2) is 9.86. The zero-order chi connectivity index (χ0) is 21.6. The topological polar surface area (TPSA) is 115 Å². The van der Waals surface area contributed by atoms with E-state index < -0.39 is 23.5 Å². The van der Waals surface area contributed by atoms with Gasteiger partial charge >= 0.3 is 11.6 Å². The van der Waals surface area contributed by atoms with Gasteiger partial charge in [-0.15, -0.1) is 0 Å². The predicted octanol–water partition coefficient (Wildman–Crippen LogP) is 1.99. The summed E-state index contributed by atoms with van der Waals surface area (Å²) in [5.74, 6) is -1.66. The van der Waals surface area contributed by atoms with Gasteiger partial charge in [0.05, 0.1) is 6.61 Å². The lowest BCUT2D eigenvalue weighted by Gasteiger charge is -2.17. The standard InChI is InChI=1S/C21H26N2O6/c1-5-22-17(24)8-7-16(21(27)28-6-2)23-19(25)15-11-14-10-12(3)9-13(4)18(14)29-20(15)26/h9-11,16H,5-8H2,1-4H3,(H,22,24)(H,23,25). The van der Waals surface area contributed by atoms with Gasteiger partial charge in [-0.05, 0) is 51.8 Å². The number of rotatable bonds is 8. The normalized spacial score (nSPS) is 11.7. The van der Waals surface area contributed by atoms with E-state index in [1.807, 2.05) is 19.9 Å². The third-order valence-corrected chi connectivity index (χ3v) is 4.32. The molecule has 2 aromatic rings. The Bertz CT molecular complexity index is 979. The van der Waals surface area contributed by atoms with E-state index in [9.17, 15) is 19.2 Å². The number of benzene rings is 1. The third kappa shape index (κ3) is 5.66. The fraction of sp³-hybridized carbons (Fsp3) is 0.429. The molecule has 8 heteroatoms. The van der Waals surface area contributed by atoms with Gasteiger partial charge in [-0.2, -0.15) is 0 Å². The molecule has 0 spiro atoms. The Kier molecular flexibility index (Phi) is 7.52. The molecule has 1 aromatic carbocycles. The highest BCUT2D eigenvalue weighted by Crippen LogP contribution is 2.20. The molecule has 8 nitrogen and oxygen atoms in total. The molecule has 29 heavy (non-hydrogen) atoms. The van der Waals surface area contributed by atoms with E-state index in [1.54, 1.807) is 19.9 Å². The van der Waals surface area contributed by atoms with E-state index in [0.29, 0.717) is 17.5 Å². The number of amides is 2. The van der Waals surface area contributed by atoms with E-state index in [2.05, 4.69) is 10.6 Å². The number of aryl methyl sites for hydroxylation is 2. The average molecular weight is 402 g/mol. The summed E-state index contributed by atoms with van der Waals surface area (Å²) in [4.78, 5) is 48.9. The van der Waals surface area contributed by atoms with Crippen LogP contribution in [-0.2, 0) is 14.3 Å². The summed E-state index contributed by atoms with van der Waals surface area (Å²) in [5.41, 5.74) is 1.15. The van der Waals surface area contributed by atoms with Crippen LogP contribution in [0.3, 0.4) is 0 Å². The summed E-state index contributed by atoms with van der Waals surface area (Å²) in [6, 6.07) is 4.07. The van der Waals surface area contributed by atoms with E-state index >= 15 is 0 Å². The molecule has 1 unspecified atom stereocenters. The van der Waals surface area contributed by atoms with Crippen LogP contribution in [0.15, 0.2) is 27.4 Å². The van der Waals surface area contributed by atoms with Gasteiger partial charge in [0.25, 0.3) is 5.91 Å². The lowest BCUT2D eigenvalue weighted by Crippen LogP contribution is -2.43. The molecular formula is C21H26N2O6. The first kappa shape index (κ1) is 22.1. The Morgan fingerprint density at radius 3 is 2.52 bits per heavy atom. The largest absolute Gasteiger partial charge is 0.464 e. The lowest BCUT2D eigenvalue weighted by molar-refractivity contribution is -0.145. The van der Waals surface area contributed by atoms with Crippen LogP contribution in [0.25, 0.3) is 11.0 Å². The van der Waals surface area contributed by atoms with E-state index in [4.69, 9.17) is 9.15 Å². The Hall–Kier alpha value is -3.16. The molecule has 2 rings (SSSR count). The van der Waals surface area contributed by atoms with Gasteiger partial charge in [0, 0.05) is 18.4 Å². The minimum Gasteiger partial charge on any atom is -0.464 e. The van der Waals surface area contributed by atoms with Crippen molar-refractivity contribution < 1.29 is 23.5 Å². The number of nitrogens with one attached hydrogen (secondary N) is 2. The van der Waals surface area contributed by atoms with Crippen LogP contribution in [0.1, 0.15) is 48.2 Å². The summed E-state index contributed by atoms with van der Waals surface area (Å²) < 4.78 is 10.3. The SMILES string of the molecule is CCNC(=O)CCC(NC(=O)c1cc2cc(C)cc(C)c2oc1=O)C(=O)OCC. The second-order valence-electron chi connectivity index (χ2n) is 6.72. The van der Waals surface area contributed by atoms with Crippen molar-refractivity contribution in [2.24, 2.45) is 0 Å². The molecule has 0 aliphatic heterocycles. The predicted molar refractivity (Wildman–Crippen MR) is 108 cm³/mol. The van der Waals surface area contributed by atoms with Crippen molar-refractivity contribution in [3.63, 3.8) is 0 Å². The number of hydrogen-bond acceptors (Lipinski definition) is 6. The molecule has 1 heterocycles. The number of carbonyl (C=O) groups excluding carboxylic acids is 3. The molecule has 1 atom stereocenters. The maximum absolute atomic E-state index is 12.7. The van der Waals surface area contributed by atoms with Crippen molar-refractivity contribution in [3.8, 4) is 0 Å². The molecule has 2 N–H and O–H groups in total. The van der Waals surface area contributed by atoms with Gasteiger partial charge in [0.1, 0.15) is 17.2 Å². The lowest BCUT2D eigenvalue weighted by atomic mass is 10.1. The molecule has 2 amide bonds. The highest BCUT2D eigenvalue weighted by Gasteiger charge is 2.25. The molecule has 0 bridgehead atoms. The minimum absolute atomic E-state index is 0.0301. The van der Waals surface area contributed by atoms with Crippen LogP contribution in [0, 0.1) is 13.8 Å². The quantitative estimate of drug-likeness (QED) is 0.515. The van der Waals surface area contributed by atoms with E-state index in [-0.39, 0.29) is 30.9 Å². The number of hydrogen-bond donors (Lipinski definition) is 2. The van der Waals surface area contributed by atoms with E-state index in [0.717, 1.165) is 11.1 Å². The van der Waals surface area contributed by atoms with Gasteiger partial charge < -0.3 is 19.8 Å². The summed E-state index contributed by atoms with van der Waals surface area (Å²) in [6.45, 7) is 7.73. The van der Waals surface area contributed by atoms with Crippen LogP contribution in [0.5, 0.6) is 0 Å². The maximum atomic E-state index is 12.7. The zero-order valence-corrected chi connectivity index (χ0v) is 17.1. The summed E-state index contributed by atoms with van der Waals surface area (Å²) in [6.07, 6.45) is 0.0792. The highest BCUT2D eigenvalue weighted by molar-refractivity contribution is 5.99. The van der Waals surface area contributed by atoms with Gasteiger partial charge in [0.15, 0.2) is 0 Å². The van der Waals surface area contributed by atoms with Crippen molar-refractivity contribution in [1.82, 2.24) is 10.6 Å². The highest BCUT2D eigenvalue weighted by atomic mass is 16.5. The molecule has 156 valence electrons. The summed E-state index contributed by atoms with van der Waals surface area (Å²) >= 11 is 0. The average Bonchev–Trinajstić information content (AvgIpc) is 2.65. The number of esters is 1. The first-order chi connectivity index (χ1) is 13.8. The van der Waals surface area contributed by atoms with Gasteiger partial charge in [-0.25, -0.2) is 9.59 Å². The molecule has 0 aliphatic carbocycles.